The van der Waals surface area contributed by atoms with Crippen molar-refractivity contribution in [2.75, 3.05) is 18.5 Å². The Balaban J connectivity index is 1.84. The van der Waals surface area contributed by atoms with Crippen molar-refractivity contribution in [1.29, 1.82) is 0 Å². The molecular formula is C14H18FN5O. The second-order valence-electron chi connectivity index (χ2n) is 5.19. The van der Waals surface area contributed by atoms with Crippen LogP contribution in [0.2, 0.25) is 0 Å². The quantitative estimate of drug-likeness (QED) is 0.932. The van der Waals surface area contributed by atoms with E-state index in [2.05, 4.69) is 20.3 Å². The molecule has 1 fully saturated rings. The zero-order valence-electron chi connectivity index (χ0n) is 11.9. The number of imidazole rings is 1. The summed E-state index contributed by atoms with van der Waals surface area (Å²) in [6.45, 7) is 1.50. The molecule has 1 saturated heterocycles. The number of anilines is 1. The Bertz CT molecular complexity index is 579. The molecule has 0 bridgehead atoms. The third-order valence-electron chi connectivity index (χ3n) is 3.78. The smallest absolute Gasteiger partial charge is 0.223 e. The van der Waals surface area contributed by atoms with Gasteiger partial charge in [-0.05, 0) is 18.8 Å². The molecule has 1 unspecified atom stereocenters. The van der Waals surface area contributed by atoms with Gasteiger partial charge in [-0.2, -0.15) is 0 Å². The molecule has 21 heavy (non-hydrogen) atoms. The first-order valence-corrected chi connectivity index (χ1v) is 7.03. The van der Waals surface area contributed by atoms with Crippen molar-refractivity contribution >= 4 is 5.95 Å². The highest BCUT2D eigenvalue weighted by Gasteiger charge is 2.28. The summed E-state index contributed by atoms with van der Waals surface area (Å²) < 4.78 is 20.3. The van der Waals surface area contributed by atoms with Crippen LogP contribution in [0.1, 0.15) is 24.7 Å². The number of aromatic nitrogens is 4. The van der Waals surface area contributed by atoms with E-state index in [-0.39, 0.29) is 6.04 Å². The van der Waals surface area contributed by atoms with Gasteiger partial charge in [0.2, 0.25) is 5.95 Å². The molecule has 0 spiro atoms. The summed E-state index contributed by atoms with van der Waals surface area (Å²) in [4.78, 5) is 12.4. The molecular weight excluding hydrogens is 273 g/mol. The molecule has 112 valence electrons. The Labute approximate surface area is 122 Å². The maximum Gasteiger partial charge on any atom is 0.223 e. The highest BCUT2D eigenvalue weighted by molar-refractivity contribution is 5.27. The minimum absolute atomic E-state index is 0.0145. The maximum absolute atomic E-state index is 12.9. The van der Waals surface area contributed by atoms with Crippen molar-refractivity contribution in [3.63, 3.8) is 0 Å². The predicted molar refractivity (Wildman–Crippen MR) is 75.1 cm³/mol. The average molecular weight is 291 g/mol. The highest BCUT2D eigenvalue weighted by Crippen LogP contribution is 2.31. The topological polar surface area (TPSA) is 64.9 Å². The number of hydrogen-bond acceptors (Lipinski definition) is 5. The number of rotatable bonds is 4. The Morgan fingerprint density at radius 2 is 2.00 bits per heavy atom. The van der Waals surface area contributed by atoms with E-state index in [1.54, 1.807) is 6.20 Å². The lowest BCUT2D eigenvalue weighted by Gasteiger charge is -2.30. The molecule has 0 saturated carbocycles. The summed E-state index contributed by atoms with van der Waals surface area (Å²) in [5.74, 6) is 1.28. The number of nitrogens with one attached hydrogen (secondary N) is 1. The molecule has 3 rings (SSSR count). The van der Waals surface area contributed by atoms with Gasteiger partial charge < -0.3 is 14.6 Å². The fourth-order valence-electron chi connectivity index (χ4n) is 2.65. The van der Waals surface area contributed by atoms with Crippen LogP contribution in [0.4, 0.5) is 10.3 Å². The lowest BCUT2D eigenvalue weighted by molar-refractivity contribution is 0.0593. The van der Waals surface area contributed by atoms with Gasteiger partial charge in [-0.3, -0.25) is 0 Å². The monoisotopic (exact) mass is 291 g/mol. The predicted octanol–water partition coefficient (Wildman–Crippen LogP) is 1.93. The van der Waals surface area contributed by atoms with Crippen molar-refractivity contribution in [1.82, 2.24) is 19.5 Å². The van der Waals surface area contributed by atoms with E-state index in [1.165, 1.54) is 0 Å². The van der Waals surface area contributed by atoms with E-state index >= 15 is 0 Å². The van der Waals surface area contributed by atoms with Crippen LogP contribution < -0.4 is 5.32 Å². The summed E-state index contributed by atoms with van der Waals surface area (Å²) in [5.41, 5.74) is 0. The molecule has 0 aliphatic carbocycles. The first-order valence-electron chi connectivity index (χ1n) is 7.03. The van der Waals surface area contributed by atoms with E-state index < -0.39 is 5.82 Å². The molecule has 1 aliphatic rings. The Morgan fingerprint density at radius 1 is 1.29 bits per heavy atom. The van der Waals surface area contributed by atoms with Crippen LogP contribution in [-0.2, 0) is 11.8 Å². The largest absolute Gasteiger partial charge is 0.381 e. The van der Waals surface area contributed by atoms with E-state index in [0.29, 0.717) is 11.9 Å². The van der Waals surface area contributed by atoms with Crippen LogP contribution in [0.3, 0.4) is 0 Å². The van der Waals surface area contributed by atoms with Crippen molar-refractivity contribution in [3.8, 4) is 0 Å². The van der Waals surface area contributed by atoms with Crippen LogP contribution >= 0.6 is 0 Å². The fraction of sp³-hybridized carbons (Fsp3) is 0.500. The van der Waals surface area contributed by atoms with E-state index in [1.807, 2.05) is 17.8 Å². The van der Waals surface area contributed by atoms with Gasteiger partial charge in [-0.25, -0.2) is 19.3 Å². The Morgan fingerprint density at radius 3 is 2.62 bits per heavy atom. The number of hydrogen-bond donors (Lipinski definition) is 1. The molecule has 3 heterocycles. The third kappa shape index (κ3) is 3.18. The second-order valence-corrected chi connectivity index (χ2v) is 5.19. The molecule has 0 amide bonds. The van der Waals surface area contributed by atoms with Crippen LogP contribution in [0.25, 0.3) is 0 Å². The van der Waals surface area contributed by atoms with Gasteiger partial charge >= 0.3 is 0 Å². The van der Waals surface area contributed by atoms with Crippen molar-refractivity contribution in [2.24, 2.45) is 13.0 Å². The molecule has 0 aromatic carbocycles. The summed E-state index contributed by atoms with van der Waals surface area (Å²) in [7, 11) is 1.96. The number of halogens is 1. The van der Waals surface area contributed by atoms with Crippen LogP contribution in [0, 0.1) is 11.7 Å². The minimum Gasteiger partial charge on any atom is -0.381 e. The van der Waals surface area contributed by atoms with Crippen LogP contribution in [-0.4, -0.2) is 32.7 Å². The summed E-state index contributed by atoms with van der Waals surface area (Å²) in [6.07, 6.45) is 7.91. The van der Waals surface area contributed by atoms with Gasteiger partial charge in [0.15, 0.2) is 5.82 Å². The highest BCUT2D eigenvalue weighted by atomic mass is 19.1. The van der Waals surface area contributed by atoms with Crippen molar-refractivity contribution in [3.05, 3.63) is 36.4 Å². The SMILES string of the molecule is Cn1ccnc1C(Nc1ncc(F)cn1)C1CCOCC1. The second kappa shape index (κ2) is 6.17. The zero-order chi connectivity index (χ0) is 14.7. The van der Waals surface area contributed by atoms with Gasteiger partial charge in [0.25, 0.3) is 0 Å². The number of aryl methyl sites for hydroxylation is 1. The van der Waals surface area contributed by atoms with Gasteiger partial charge in [-0.1, -0.05) is 0 Å². The van der Waals surface area contributed by atoms with Gasteiger partial charge in [0, 0.05) is 32.7 Å². The van der Waals surface area contributed by atoms with E-state index in [9.17, 15) is 4.39 Å². The Kier molecular flexibility index (Phi) is 4.10. The maximum atomic E-state index is 12.9. The van der Waals surface area contributed by atoms with Crippen LogP contribution in [0.15, 0.2) is 24.8 Å². The number of ether oxygens (including phenoxy) is 1. The van der Waals surface area contributed by atoms with Crippen molar-refractivity contribution < 1.29 is 9.13 Å². The summed E-state index contributed by atoms with van der Waals surface area (Å²) in [5, 5.41) is 3.29. The van der Waals surface area contributed by atoms with E-state index in [0.717, 1.165) is 44.3 Å². The molecule has 2 aromatic heterocycles. The summed E-state index contributed by atoms with van der Waals surface area (Å²) in [6, 6.07) is -0.0145. The van der Waals surface area contributed by atoms with Gasteiger partial charge in [-0.15, -0.1) is 0 Å². The molecule has 1 N–H and O–H groups in total. The zero-order valence-corrected chi connectivity index (χ0v) is 11.9. The normalized spacial score (nSPS) is 17.6. The standard InChI is InChI=1S/C14H18FN5O/c1-20-5-4-16-13(20)12(10-2-6-21-7-3-10)19-14-17-8-11(15)9-18-14/h4-5,8-10,12H,2-3,6-7H2,1H3,(H,17,18,19). The molecule has 6 nitrogen and oxygen atoms in total. The first-order chi connectivity index (χ1) is 10.2. The average Bonchev–Trinajstić information content (AvgIpc) is 2.93. The molecule has 1 atom stereocenters. The molecule has 1 aliphatic heterocycles. The summed E-state index contributed by atoms with van der Waals surface area (Å²) >= 11 is 0. The molecule has 2 aromatic rings. The number of nitrogens with zero attached hydrogens (tertiary/aromatic N) is 4. The fourth-order valence-corrected chi connectivity index (χ4v) is 2.65. The lowest BCUT2D eigenvalue weighted by Crippen LogP contribution is -2.29. The Hall–Kier alpha value is -2.02. The minimum atomic E-state index is -0.444. The van der Waals surface area contributed by atoms with E-state index in [4.69, 9.17) is 4.74 Å². The van der Waals surface area contributed by atoms with Gasteiger partial charge in [0.1, 0.15) is 5.82 Å². The lowest BCUT2D eigenvalue weighted by atomic mass is 9.91. The van der Waals surface area contributed by atoms with Crippen molar-refractivity contribution in [2.45, 2.75) is 18.9 Å². The third-order valence-corrected chi connectivity index (χ3v) is 3.78. The molecule has 7 heteroatoms. The van der Waals surface area contributed by atoms with Crippen LogP contribution in [0.5, 0.6) is 0 Å². The first kappa shape index (κ1) is 13.9. The van der Waals surface area contributed by atoms with Gasteiger partial charge in [0.05, 0.1) is 18.4 Å². The molecule has 0 radical (unpaired) electrons.